The van der Waals surface area contributed by atoms with Crippen molar-refractivity contribution >= 4 is 17.3 Å². The molecule has 0 N–H and O–H groups in total. The topological polar surface area (TPSA) is 75.9 Å². The second-order valence-corrected chi connectivity index (χ2v) is 6.16. The molecule has 0 aliphatic carbocycles. The molecule has 1 aliphatic rings. The van der Waals surface area contributed by atoms with Gasteiger partial charge in [-0.05, 0) is 12.0 Å². The number of rotatable bonds is 6. The molecule has 1 heterocycles. The molecule has 1 fully saturated rings. The molecule has 1 aromatic rings. The van der Waals surface area contributed by atoms with Crippen molar-refractivity contribution in [1.29, 1.82) is 0 Å². The number of anilines is 1. The summed E-state index contributed by atoms with van der Waals surface area (Å²) in [6, 6.07) is 4.70. The molecule has 0 saturated carbocycles. The smallest absolute Gasteiger partial charge is 0.269 e. The predicted molar refractivity (Wildman–Crippen MR) is 87.4 cm³/mol. The van der Waals surface area contributed by atoms with Crippen LogP contribution in [-0.4, -0.2) is 49.0 Å². The Morgan fingerprint density at radius 1 is 1.35 bits per heavy atom. The molecule has 1 amide bonds. The van der Waals surface area contributed by atoms with Gasteiger partial charge in [-0.25, -0.2) is 0 Å². The minimum Gasteiger partial charge on any atom is -0.380 e. The van der Waals surface area contributed by atoms with Gasteiger partial charge < -0.3 is 14.5 Å². The number of methoxy groups -OCH3 is 1. The first-order valence-corrected chi connectivity index (χ1v) is 7.71. The summed E-state index contributed by atoms with van der Waals surface area (Å²) in [5, 5.41) is 10.9. The Hall–Kier alpha value is -2.15. The molecule has 0 spiro atoms. The lowest BCUT2D eigenvalue weighted by Crippen LogP contribution is -2.51. The highest BCUT2D eigenvalue weighted by molar-refractivity contribution is 5.83. The van der Waals surface area contributed by atoms with E-state index >= 15 is 0 Å². The van der Waals surface area contributed by atoms with Gasteiger partial charge in [0, 0.05) is 50.1 Å². The van der Waals surface area contributed by atoms with Gasteiger partial charge in [0.25, 0.3) is 5.69 Å². The van der Waals surface area contributed by atoms with E-state index in [-0.39, 0.29) is 18.2 Å². The minimum absolute atomic E-state index is 0.0329. The molecule has 0 aromatic heterocycles. The van der Waals surface area contributed by atoms with Gasteiger partial charge in [0.15, 0.2) is 0 Å². The molecule has 7 nitrogen and oxygen atoms in total. The standard InChI is InChI=1S/C16H23N3O4/c1-12(2)9-18-7-6-17(10-16(18)20)15-5-4-14(19(21)22)8-13(15)11-23-3/h4-5,8,12H,6-7,9-11H2,1-3H3. The van der Waals surface area contributed by atoms with Gasteiger partial charge in [-0.2, -0.15) is 0 Å². The fraction of sp³-hybridized carbons (Fsp3) is 0.562. The zero-order valence-corrected chi connectivity index (χ0v) is 13.8. The number of nitro benzene ring substituents is 1. The number of benzene rings is 1. The van der Waals surface area contributed by atoms with Crippen LogP contribution in [0.5, 0.6) is 0 Å². The van der Waals surface area contributed by atoms with Crippen molar-refractivity contribution in [2.45, 2.75) is 20.5 Å². The number of ether oxygens (including phenoxy) is 1. The lowest BCUT2D eigenvalue weighted by Gasteiger charge is -2.37. The maximum Gasteiger partial charge on any atom is 0.269 e. The number of nitrogens with zero attached hydrogens (tertiary/aromatic N) is 3. The van der Waals surface area contributed by atoms with E-state index in [1.807, 2.05) is 9.80 Å². The second kappa shape index (κ2) is 7.41. The monoisotopic (exact) mass is 321 g/mol. The predicted octanol–water partition coefficient (Wildman–Crippen LogP) is 2.05. The Morgan fingerprint density at radius 2 is 2.09 bits per heavy atom. The number of non-ortho nitro benzene ring substituents is 1. The van der Waals surface area contributed by atoms with Crippen LogP contribution in [0.2, 0.25) is 0 Å². The minimum atomic E-state index is -0.422. The first kappa shape index (κ1) is 17.2. The maximum absolute atomic E-state index is 12.3. The van der Waals surface area contributed by atoms with Crippen LogP contribution in [0.15, 0.2) is 18.2 Å². The molecule has 0 atom stereocenters. The van der Waals surface area contributed by atoms with Crippen molar-refractivity contribution in [1.82, 2.24) is 4.90 Å². The average molecular weight is 321 g/mol. The number of piperazine rings is 1. The summed E-state index contributed by atoms with van der Waals surface area (Å²) in [4.78, 5) is 26.7. The van der Waals surface area contributed by atoms with Crippen molar-refractivity contribution in [3.05, 3.63) is 33.9 Å². The van der Waals surface area contributed by atoms with E-state index in [4.69, 9.17) is 4.74 Å². The molecule has 7 heteroatoms. The molecular formula is C16H23N3O4. The number of carbonyl (C=O) groups excluding carboxylic acids is 1. The van der Waals surface area contributed by atoms with Crippen LogP contribution in [0, 0.1) is 16.0 Å². The van der Waals surface area contributed by atoms with Gasteiger partial charge in [0.2, 0.25) is 5.91 Å². The van der Waals surface area contributed by atoms with Gasteiger partial charge in [-0.1, -0.05) is 13.8 Å². The summed E-state index contributed by atoms with van der Waals surface area (Å²) in [5.41, 5.74) is 1.59. The first-order valence-electron chi connectivity index (χ1n) is 7.71. The lowest BCUT2D eigenvalue weighted by molar-refractivity contribution is -0.384. The normalized spacial score (nSPS) is 15.4. The van der Waals surface area contributed by atoms with Gasteiger partial charge in [-0.3, -0.25) is 14.9 Å². The highest BCUT2D eigenvalue weighted by atomic mass is 16.6. The van der Waals surface area contributed by atoms with E-state index in [0.717, 1.165) is 17.8 Å². The number of hydrogen-bond acceptors (Lipinski definition) is 5. The molecule has 0 radical (unpaired) electrons. The van der Waals surface area contributed by atoms with E-state index in [2.05, 4.69) is 13.8 Å². The molecule has 23 heavy (non-hydrogen) atoms. The zero-order chi connectivity index (χ0) is 17.0. The summed E-state index contributed by atoms with van der Waals surface area (Å²) < 4.78 is 5.15. The Labute approximate surface area is 136 Å². The van der Waals surface area contributed by atoms with Crippen LogP contribution >= 0.6 is 0 Å². The van der Waals surface area contributed by atoms with Crippen LogP contribution in [0.25, 0.3) is 0 Å². The third kappa shape index (κ3) is 4.19. The van der Waals surface area contributed by atoms with Gasteiger partial charge in [0.1, 0.15) is 0 Å². The summed E-state index contributed by atoms with van der Waals surface area (Å²) in [7, 11) is 1.55. The maximum atomic E-state index is 12.3. The van der Waals surface area contributed by atoms with E-state index < -0.39 is 4.92 Å². The highest BCUT2D eigenvalue weighted by Gasteiger charge is 2.26. The largest absolute Gasteiger partial charge is 0.380 e. The third-order valence-electron chi connectivity index (χ3n) is 3.82. The van der Waals surface area contributed by atoms with Gasteiger partial charge in [0.05, 0.1) is 18.1 Å². The number of amides is 1. The molecule has 2 rings (SSSR count). The quantitative estimate of drug-likeness (QED) is 0.592. The molecular weight excluding hydrogens is 298 g/mol. The van der Waals surface area contributed by atoms with Crippen LogP contribution in [0.1, 0.15) is 19.4 Å². The van der Waals surface area contributed by atoms with Crippen molar-refractivity contribution in [2.75, 3.05) is 38.2 Å². The van der Waals surface area contributed by atoms with Gasteiger partial charge in [-0.15, -0.1) is 0 Å². The lowest BCUT2D eigenvalue weighted by atomic mass is 10.1. The molecule has 0 bridgehead atoms. The summed E-state index contributed by atoms with van der Waals surface area (Å²) >= 11 is 0. The van der Waals surface area contributed by atoms with Crippen molar-refractivity contribution < 1.29 is 14.5 Å². The molecule has 0 unspecified atom stereocenters. The second-order valence-electron chi connectivity index (χ2n) is 6.16. The van der Waals surface area contributed by atoms with E-state index in [9.17, 15) is 14.9 Å². The highest BCUT2D eigenvalue weighted by Crippen LogP contribution is 2.27. The number of hydrogen-bond donors (Lipinski definition) is 0. The van der Waals surface area contributed by atoms with Crippen LogP contribution < -0.4 is 4.90 Å². The summed E-state index contributed by atoms with van der Waals surface area (Å²) in [6.07, 6.45) is 0. The Bertz CT molecular complexity index is 589. The number of carbonyl (C=O) groups is 1. The average Bonchev–Trinajstić information content (AvgIpc) is 2.49. The van der Waals surface area contributed by atoms with Crippen LogP contribution in [0.3, 0.4) is 0 Å². The third-order valence-corrected chi connectivity index (χ3v) is 3.82. The molecule has 126 valence electrons. The van der Waals surface area contributed by atoms with Crippen molar-refractivity contribution in [3.8, 4) is 0 Å². The van der Waals surface area contributed by atoms with E-state index in [0.29, 0.717) is 25.6 Å². The van der Waals surface area contributed by atoms with Crippen LogP contribution in [0.4, 0.5) is 11.4 Å². The van der Waals surface area contributed by atoms with Crippen molar-refractivity contribution in [2.24, 2.45) is 5.92 Å². The molecule has 1 aromatic carbocycles. The van der Waals surface area contributed by atoms with Crippen molar-refractivity contribution in [3.63, 3.8) is 0 Å². The fourth-order valence-corrected chi connectivity index (χ4v) is 2.81. The molecule has 1 saturated heterocycles. The van der Waals surface area contributed by atoms with E-state index in [1.54, 1.807) is 13.2 Å². The number of nitro groups is 1. The molecule has 1 aliphatic heterocycles. The zero-order valence-electron chi connectivity index (χ0n) is 13.8. The Morgan fingerprint density at radius 3 is 2.65 bits per heavy atom. The Balaban J connectivity index is 2.19. The fourth-order valence-electron chi connectivity index (χ4n) is 2.81. The van der Waals surface area contributed by atoms with Crippen LogP contribution in [-0.2, 0) is 16.1 Å². The SMILES string of the molecule is COCc1cc([N+](=O)[O-])ccc1N1CCN(CC(C)C)C(=O)C1. The Kier molecular flexibility index (Phi) is 5.54. The van der Waals surface area contributed by atoms with Gasteiger partial charge >= 0.3 is 0 Å². The summed E-state index contributed by atoms with van der Waals surface area (Å²) in [5.74, 6) is 0.528. The first-order chi connectivity index (χ1) is 10.9. The summed E-state index contributed by atoms with van der Waals surface area (Å²) in [6.45, 7) is 6.89. The van der Waals surface area contributed by atoms with E-state index in [1.165, 1.54) is 12.1 Å².